The van der Waals surface area contributed by atoms with E-state index in [4.69, 9.17) is 9.47 Å². The molecule has 6 heteroatoms. The predicted molar refractivity (Wildman–Crippen MR) is 106 cm³/mol. The number of carbonyl (C=O) groups is 2. The van der Waals surface area contributed by atoms with Crippen LogP contribution in [0.5, 0.6) is 5.75 Å². The van der Waals surface area contributed by atoms with E-state index in [0.29, 0.717) is 29.0 Å². The quantitative estimate of drug-likeness (QED) is 0.774. The smallest absolute Gasteiger partial charge is 0.262 e. The highest BCUT2D eigenvalue weighted by Crippen LogP contribution is 2.26. The van der Waals surface area contributed by atoms with Crippen LogP contribution in [0, 0.1) is 0 Å². The van der Waals surface area contributed by atoms with Crippen LogP contribution in [0.1, 0.15) is 41.1 Å². The Kier molecular flexibility index (Phi) is 5.58. The maximum atomic E-state index is 12.2. The van der Waals surface area contributed by atoms with E-state index in [1.165, 1.54) is 5.56 Å². The standard InChI is InChI=1S/C22H24N2O4/c25-21(14-28-20-8-4-15(5-9-20)17-10-11-27-13-17)23-19-3-1-2-16(12-19)22(26)24-18-6-7-18/h1-5,8-9,12,17-18H,6-7,10-11,13-14H2,(H,23,25)(H,24,26). The molecular formula is C22H24N2O4. The molecule has 2 amide bonds. The number of nitrogens with one attached hydrogen (secondary N) is 2. The Labute approximate surface area is 164 Å². The molecule has 0 bridgehead atoms. The van der Waals surface area contributed by atoms with Crippen molar-refractivity contribution in [3.05, 3.63) is 59.7 Å². The van der Waals surface area contributed by atoms with Crippen LogP contribution in [0.2, 0.25) is 0 Å². The molecule has 2 fully saturated rings. The van der Waals surface area contributed by atoms with Gasteiger partial charge in [0.1, 0.15) is 5.75 Å². The van der Waals surface area contributed by atoms with Gasteiger partial charge >= 0.3 is 0 Å². The van der Waals surface area contributed by atoms with Crippen LogP contribution in [0.4, 0.5) is 5.69 Å². The third-order valence-corrected chi connectivity index (χ3v) is 4.97. The zero-order valence-electron chi connectivity index (χ0n) is 15.6. The second kappa shape index (κ2) is 8.44. The Hall–Kier alpha value is -2.86. The van der Waals surface area contributed by atoms with E-state index in [1.54, 1.807) is 24.3 Å². The Bertz CT molecular complexity index is 840. The summed E-state index contributed by atoms with van der Waals surface area (Å²) in [6, 6.07) is 15.0. The van der Waals surface area contributed by atoms with E-state index >= 15 is 0 Å². The van der Waals surface area contributed by atoms with E-state index < -0.39 is 0 Å². The molecule has 0 radical (unpaired) electrons. The average molecular weight is 380 g/mol. The normalized spacial score (nSPS) is 18.5. The van der Waals surface area contributed by atoms with Gasteiger partial charge < -0.3 is 20.1 Å². The van der Waals surface area contributed by atoms with Crippen molar-refractivity contribution in [2.24, 2.45) is 0 Å². The van der Waals surface area contributed by atoms with Gasteiger partial charge in [0.15, 0.2) is 6.61 Å². The number of anilines is 1. The van der Waals surface area contributed by atoms with Crippen molar-refractivity contribution in [2.75, 3.05) is 25.1 Å². The highest BCUT2D eigenvalue weighted by atomic mass is 16.5. The molecule has 28 heavy (non-hydrogen) atoms. The fourth-order valence-electron chi connectivity index (χ4n) is 3.21. The van der Waals surface area contributed by atoms with Gasteiger partial charge in [-0.05, 0) is 55.2 Å². The molecule has 2 aliphatic rings. The first-order chi connectivity index (χ1) is 13.7. The number of hydrogen-bond donors (Lipinski definition) is 2. The SMILES string of the molecule is O=C(COc1ccc(C2CCOC2)cc1)Nc1cccc(C(=O)NC2CC2)c1. The van der Waals surface area contributed by atoms with Gasteiger partial charge in [-0.1, -0.05) is 18.2 Å². The zero-order valence-corrected chi connectivity index (χ0v) is 15.6. The van der Waals surface area contributed by atoms with Crippen molar-refractivity contribution in [3.8, 4) is 5.75 Å². The lowest BCUT2D eigenvalue weighted by Gasteiger charge is -2.11. The summed E-state index contributed by atoms with van der Waals surface area (Å²) >= 11 is 0. The molecule has 1 aliphatic heterocycles. The first-order valence-corrected chi connectivity index (χ1v) is 9.69. The summed E-state index contributed by atoms with van der Waals surface area (Å²) in [5.41, 5.74) is 2.35. The van der Waals surface area contributed by atoms with Crippen molar-refractivity contribution in [1.82, 2.24) is 5.32 Å². The van der Waals surface area contributed by atoms with E-state index in [9.17, 15) is 9.59 Å². The molecule has 0 spiro atoms. The number of hydrogen-bond acceptors (Lipinski definition) is 4. The lowest BCUT2D eigenvalue weighted by molar-refractivity contribution is -0.118. The van der Waals surface area contributed by atoms with Crippen molar-refractivity contribution < 1.29 is 19.1 Å². The molecule has 1 atom stereocenters. The monoisotopic (exact) mass is 380 g/mol. The largest absolute Gasteiger partial charge is 0.484 e. The maximum absolute atomic E-state index is 12.2. The maximum Gasteiger partial charge on any atom is 0.262 e. The van der Waals surface area contributed by atoms with Gasteiger partial charge in [0, 0.05) is 29.8 Å². The second-order valence-electron chi connectivity index (χ2n) is 7.29. The Morgan fingerprint density at radius 3 is 2.61 bits per heavy atom. The molecule has 1 heterocycles. The molecule has 0 aromatic heterocycles. The van der Waals surface area contributed by atoms with Crippen LogP contribution in [-0.2, 0) is 9.53 Å². The zero-order chi connectivity index (χ0) is 19.3. The molecular weight excluding hydrogens is 356 g/mol. The molecule has 6 nitrogen and oxygen atoms in total. The van der Waals surface area contributed by atoms with Crippen molar-refractivity contribution >= 4 is 17.5 Å². The third kappa shape index (κ3) is 4.89. The first kappa shape index (κ1) is 18.5. The predicted octanol–water partition coefficient (Wildman–Crippen LogP) is 3.10. The molecule has 1 aliphatic carbocycles. The van der Waals surface area contributed by atoms with Crippen LogP contribution in [-0.4, -0.2) is 37.7 Å². The van der Waals surface area contributed by atoms with Gasteiger partial charge in [0.2, 0.25) is 0 Å². The van der Waals surface area contributed by atoms with Crippen molar-refractivity contribution in [3.63, 3.8) is 0 Å². The number of rotatable bonds is 7. The van der Waals surface area contributed by atoms with E-state index in [0.717, 1.165) is 32.5 Å². The highest BCUT2D eigenvalue weighted by molar-refractivity contribution is 5.97. The van der Waals surface area contributed by atoms with Gasteiger partial charge in [-0.25, -0.2) is 0 Å². The van der Waals surface area contributed by atoms with E-state index in [2.05, 4.69) is 10.6 Å². The lowest BCUT2D eigenvalue weighted by Crippen LogP contribution is -2.25. The van der Waals surface area contributed by atoms with Crippen molar-refractivity contribution in [2.45, 2.75) is 31.2 Å². The molecule has 2 aromatic carbocycles. The summed E-state index contributed by atoms with van der Waals surface area (Å²) in [6.07, 6.45) is 3.12. The van der Waals surface area contributed by atoms with Gasteiger partial charge in [-0.2, -0.15) is 0 Å². The third-order valence-electron chi connectivity index (χ3n) is 4.97. The molecule has 2 aromatic rings. The summed E-state index contributed by atoms with van der Waals surface area (Å²) < 4.78 is 11.0. The molecule has 4 rings (SSSR count). The summed E-state index contributed by atoms with van der Waals surface area (Å²) in [6.45, 7) is 1.48. The number of carbonyl (C=O) groups excluding carboxylic acids is 2. The summed E-state index contributed by atoms with van der Waals surface area (Å²) in [4.78, 5) is 24.3. The topological polar surface area (TPSA) is 76.7 Å². The Morgan fingerprint density at radius 2 is 1.89 bits per heavy atom. The molecule has 1 unspecified atom stereocenters. The van der Waals surface area contributed by atoms with E-state index in [1.807, 2.05) is 24.3 Å². The summed E-state index contributed by atoms with van der Waals surface area (Å²) in [5, 5.41) is 5.71. The molecule has 146 valence electrons. The van der Waals surface area contributed by atoms with Gasteiger partial charge in [0.25, 0.3) is 11.8 Å². The number of amides is 2. The fraction of sp³-hybridized carbons (Fsp3) is 0.364. The summed E-state index contributed by atoms with van der Waals surface area (Å²) in [5.74, 6) is 0.715. The van der Waals surface area contributed by atoms with Crippen LogP contribution < -0.4 is 15.4 Å². The van der Waals surface area contributed by atoms with Gasteiger partial charge in [-0.3, -0.25) is 9.59 Å². The fourth-order valence-corrected chi connectivity index (χ4v) is 3.21. The lowest BCUT2D eigenvalue weighted by atomic mass is 9.99. The molecule has 2 N–H and O–H groups in total. The van der Waals surface area contributed by atoms with E-state index in [-0.39, 0.29) is 18.4 Å². The average Bonchev–Trinajstić information content (AvgIpc) is 3.35. The van der Waals surface area contributed by atoms with Crippen LogP contribution in [0.3, 0.4) is 0 Å². The van der Waals surface area contributed by atoms with Crippen LogP contribution in [0.15, 0.2) is 48.5 Å². The summed E-state index contributed by atoms with van der Waals surface area (Å²) in [7, 11) is 0. The minimum atomic E-state index is -0.270. The van der Waals surface area contributed by atoms with Gasteiger partial charge in [0.05, 0.1) is 6.61 Å². The molecule has 1 saturated heterocycles. The minimum Gasteiger partial charge on any atom is -0.484 e. The Balaban J connectivity index is 1.27. The minimum absolute atomic E-state index is 0.0929. The second-order valence-corrected chi connectivity index (χ2v) is 7.29. The number of ether oxygens (including phenoxy) is 2. The van der Waals surface area contributed by atoms with Gasteiger partial charge in [-0.15, -0.1) is 0 Å². The number of benzene rings is 2. The van der Waals surface area contributed by atoms with Crippen molar-refractivity contribution in [1.29, 1.82) is 0 Å². The highest BCUT2D eigenvalue weighted by Gasteiger charge is 2.23. The van der Waals surface area contributed by atoms with Crippen LogP contribution in [0.25, 0.3) is 0 Å². The Morgan fingerprint density at radius 1 is 1.07 bits per heavy atom. The van der Waals surface area contributed by atoms with Crippen LogP contribution >= 0.6 is 0 Å². The molecule has 1 saturated carbocycles. The first-order valence-electron chi connectivity index (χ1n) is 9.69.